The van der Waals surface area contributed by atoms with E-state index in [1.54, 1.807) is 18.6 Å². The van der Waals surface area contributed by atoms with Crippen LogP contribution in [-0.4, -0.2) is 9.97 Å². The highest BCUT2D eigenvalue weighted by Gasteiger charge is 2.00. The molecule has 0 saturated heterocycles. The number of rotatable bonds is 1. The number of hydrogen-bond donors (Lipinski definition) is 1. The van der Waals surface area contributed by atoms with Crippen molar-refractivity contribution in [3.05, 3.63) is 30.7 Å². The van der Waals surface area contributed by atoms with E-state index in [9.17, 15) is 0 Å². The van der Waals surface area contributed by atoms with Crippen LogP contribution in [0.15, 0.2) is 30.7 Å². The summed E-state index contributed by atoms with van der Waals surface area (Å²) >= 11 is 1.47. The third-order valence-electron chi connectivity index (χ3n) is 1.43. The molecule has 0 fully saturated rings. The van der Waals surface area contributed by atoms with E-state index >= 15 is 0 Å². The van der Waals surface area contributed by atoms with Gasteiger partial charge in [-0.15, -0.1) is 12.4 Å². The Labute approximate surface area is 86.1 Å². The summed E-state index contributed by atoms with van der Waals surface area (Å²) in [5, 5.41) is 1.65. The first kappa shape index (κ1) is 9.95. The monoisotopic (exact) mass is 213 g/mol. The fourth-order valence-electron chi connectivity index (χ4n) is 0.909. The fourth-order valence-corrected chi connectivity index (χ4v) is 1.58. The van der Waals surface area contributed by atoms with Crippen molar-refractivity contribution in [3.8, 4) is 10.6 Å². The van der Waals surface area contributed by atoms with Crippen LogP contribution in [0.4, 0.5) is 5.00 Å². The second kappa shape index (κ2) is 4.20. The molecule has 0 aliphatic rings. The van der Waals surface area contributed by atoms with E-state index in [1.165, 1.54) is 11.3 Å². The zero-order chi connectivity index (χ0) is 8.39. The number of anilines is 1. The Bertz CT molecular complexity index is 374. The molecule has 0 spiro atoms. The molecule has 2 aromatic heterocycles. The topological polar surface area (TPSA) is 51.8 Å². The van der Waals surface area contributed by atoms with Crippen molar-refractivity contribution in [2.45, 2.75) is 0 Å². The summed E-state index contributed by atoms with van der Waals surface area (Å²) in [5.41, 5.74) is 6.56. The maximum absolute atomic E-state index is 5.55. The lowest BCUT2D eigenvalue weighted by atomic mass is 10.3. The van der Waals surface area contributed by atoms with Crippen molar-refractivity contribution >= 4 is 28.7 Å². The summed E-state index contributed by atoms with van der Waals surface area (Å²) in [6.45, 7) is 0. The van der Waals surface area contributed by atoms with Crippen LogP contribution < -0.4 is 5.73 Å². The average Bonchev–Trinajstić information content (AvgIpc) is 2.54. The molecule has 0 aliphatic carbocycles. The average molecular weight is 214 g/mol. The lowest BCUT2D eigenvalue weighted by molar-refractivity contribution is 1.31. The van der Waals surface area contributed by atoms with Crippen molar-refractivity contribution in [2.75, 3.05) is 5.73 Å². The maximum Gasteiger partial charge on any atom is 0.126 e. The molecule has 3 nitrogen and oxygen atoms in total. The van der Waals surface area contributed by atoms with Crippen molar-refractivity contribution in [1.29, 1.82) is 0 Å². The highest BCUT2D eigenvalue weighted by Crippen LogP contribution is 2.24. The number of thiazole rings is 1. The normalized spacial score (nSPS) is 9.23. The van der Waals surface area contributed by atoms with Crippen LogP contribution in [0.25, 0.3) is 10.6 Å². The summed E-state index contributed by atoms with van der Waals surface area (Å²) in [6, 6.07) is 3.85. The minimum atomic E-state index is 0. The van der Waals surface area contributed by atoms with Gasteiger partial charge in [-0.3, -0.25) is 4.98 Å². The molecule has 0 aromatic carbocycles. The molecule has 68 valence electrons. The number of aromatic nitrogens is 2. The smallest absolute Gasteiger partial charge is 0.126 e. The van der Waals surface area contributed by atoms with Crippen LogP contribution in [0.1, 0.15) is 0 Å². The zero-order valence-corrected chi connectivity index (χ0v) is 8.31. The third-order valence-corrected chi connectivity index (χ3v) is 2.31. The molecule has 0 radical (unpaired) electrons. The first-order valence-electron chi connectivity index (χ1n) is 3.48. The molecule has 5 heteroatoms. The number of nitrogen functional groups attached to an aromatic ring is 1. The minimum absolute atomic E-state index is 0. The number of pyridine rings is 1. The Morgan fingerprint density at radius 3 is 2.69 bits per heavy atom. The summed E-state index contributed by atoms with van der Waals surface area (Å²) in [7, 11) is 0. The molecule has 2 N–H and O–H groups in total. The quantitative estimate of drug-likeness (QED) is 0.790. The van der Waals surface area contributed by atoms with Gasteiger partial charge in [0.25, 0.3) is 0 Å². The zero-order valence-electron chi connectivity index (χ0n) is 6.68. The van der Waals surface area contributed by atoms with Gasteiger partial charge in [0.05, 0.1) is 6.20 Å². The van der Waals surface area contributed by atoms with Gasteiger partial charge in [-0.2, -0.15) is 0 Å². The Morgan fingerprint density at radius 2 is 2.15 bits per heavy atom. The van der Waals surface area contributed by atoms with Gasteiger partial charge in [0, 0.05) is 18.0 Å². The van der Waals surface area contributed by atoms with Crippen LogP contribution in [-0.2, 0) is 0 Å². The van der Waals surface area contributed by atoms with E-state index in [1.807, 2.05) is 12.1 Å². The molecule has 0 atom stereocenters. The van der Waals surface area contributed by atoms with Crippen molar-refractivity contribution in [2.24, 2.45) is 0 Å². The molecule has 0 aliphatic heterocycles. The third kappa shape index (κ3) is 2.17. The maximum atomic E-state index is 5.55. The molecule has 2 heterocycles. The first-order chi connectivity index (χ1) is 5.86. The van der Waals surface area contributed by atoms with Gasteiger partial charge in [0.1, 0.15) is 10.0 Å². The predicted octanol–water partition coefficient (Wildman–Crippen LogP) is 2.21. The van der Waals surface area contributed by atoms with Crippen LogP contribution in [0, 0.1) is 0 Å². The molecule has 0 saturated carbocycles. The Balaban J connectivity index is 0.000000845. The van der Waals surface area contributed by atoms with Crippen LogP contribution in [0.3, 0.4) is 0 Å². The van der Waals surface area contributed by atoms with Gasteiger partial charge >= 0.3 is 0 Å². The summed E-state index contributed by atoms with van der Waals surface area (Å²) in [5.74, 6) is 0. The molecule has 2 aromatic rings. The number of halogens is 1. The van der Waals surface area contributed by atoms with Gasteiger partial charge in [-0.1, -0.05) is 11.3 Å². The number of hydrogen-bond acceptors (Lipinski definition) is 4. The second-order valence-electron chi connectivity index (χ2n) is 2.31. The Hall–Kier alpha value is -1.13. The van der Waals surface area contributed by atoms with E-state index < -0.39 is 0 Å². The van der Waals surface area contributed by atoms with Crippen molar-refractivity contribution in [3.63, 3.8) is 0 Å². The standard InChI is InChI=1S/C8H7N3S.ClH/c9-7-5-11-8(12-7)6-2-1-3-10-4-6;/h1-5H,9H2;1H. The van der Waals surface area contributed by atoms with Gasteiger partial charge in [0.15, 0.2) is 0 Å². The summed E-state index contributed by atoms with van der Waals surface area (Å²) < 4.78 is 0. The number of nitrogens with two attached hydrogens (primary N) is 1. The van der Waals surface area contributed by atoms with E-state index in [4.69, 9.17) is 5.73 Å². The van der Waals surface area contributed by atoms with Crippen molar-refractivity contribution < 1.29 is 0 Å². The van der Waals surface area contributed by atoms with Crippen LogP contribution >= 0.6 is 23.7 Å². The minimum Gasteiger partial charge on any atom is -0.389 e. The SMILES string of the molecule is Cl.Nc1cnc(-c2cccnc2)s1. The molecule has 13 heavy (non-hydrogen) atoms. The molecular weight excluding hydrogens is 206 g/mol. The largest absolute Gasteiger partial charge is 0.389 e. The first-order valence-corrected chi connectivity index (χ1v) is 4.29. The molecular formula is C8H8ClN3S. The van der Waals surface area contributed by atoms with E-state index in [2.05, 4.69) is 9.97 Å². The summed E-state index contributed by atoms with van der Waals surface area (Å²) in [6.07, 6.45) is 5.17. The molecule has 2 rings (SSSR count). The van der Waals surface area contributed by atoms with E-state index in [-0.39, 0.29) is 12.4 Å². The van der Waals surface area contributed by atoms with Gasteiger partial charge in [-0.25, -0.2) is 4.98 Å². The lowest BCUT2D eigenvalue weighted by Gasteiger charge is -1.91. The van der Waals surface area contributed by atoms with E-state index in [0.717, 1.165) is 15.6 Å². The molecule has 0 unspecified atom stereocenters. The van der Waals surface area contributed by atoms with Crippen molar-refractivity contribution in [1.82, 2.24) is 9.97 Å². The van der Waals surface area contributed by atoms with Gasteiger partial charge < -0.3 is 5.73 Å². The number of nitrogens with zero attached hydrogens (tertiary/aromatic N) is 2. The van der Waals surface area contributed by atoms with Crippen LogP contribution in [0.5, 0.6) is 0 Å². The predicted molar refractivity (Wildman–Crippen MR) is 57.0 cm³/mol. The Kier molecular flexibility index (Phi) is 3.22. The summed E-state index contributed by atoms with van der Waals surface area (Å²) in [4.78, 5) is 8.14. The van der Waals surface area contributed by atoms with Gasteiger partial charge in [0.2, 0.25) is 0 Å². The molecule has 0 bridgehead atoms. The second-order valence-corrected chi connectivity index (χ2v) is 3.37. The highest BCUT2D eigenvalue weighted by molar-refractivity contribution is 7.18. The lowest BCUT2D eigenvalue weighted by Crippen LogP contribution is -1.75. The van der Waals surface area contributed by atoms with E-state index in [0.29, 0.717) is 0 Å². The van der Waals surface area contributed by atoms with Crippen LogP contribution in [0.2, 0.25) is 0 Å². The highest BCUT2D eigenvalue weighted by atomic mass is 35.5. The Morgan fingerprint density at radius 1 is 1.31 bits per heavy atom. The fraction of sp³-hybridized carbons (Fsp3) is 0. The molecule has 0 amide bonds. The van der Waals surface area contributed by atoms with Gasteiger partial charge in [-0.05, 0) is 12.1 Å².